The van der Waals surface area contributed by atoms with Crippen molar-refractivity contribution in [2.24, 2.45) is 5.73 Å². The van der Waals surface area contributed by atoms with Crippen molar-refractivity contribution in [3.63, 3.8) is 0 Å². The molecule has 0 bridgehead atoms. The van der Waals surface area contributed by atoms with Gasteiger partial charge in [-0.2, -0.15) is 0 Å². The number of benzene rings is 1. The summed E-state index contributed by atoms with van der Waals surface area (Å²) in [5.41, 5.74) is 6.13. The van der Waals surface area contributed by atoms with E-state index in [1.54, 1.807) is 0 Å². The third kappa shape index (κ3) is 2.77. The topological polar surface area (TPSA) is 35.2 Å². The van der Waals surface area contributed by atoms with Gasteiger partial charge in [-0.05, 0) is 25.3 Å². The van der Waals surface area contributed by atoms with Crippen LogP contribution in [0.2, 0.25) is 0 Å². The molecule has 2 unspecified atom stereocenters. The van der Waals surface area contributed by atoms with Crippen LogP contribution in [0.25, 0.3) is 0 Å². The minimum absolute atomic E-state index is 0.111. The Bertz CT molecular complexity index is 370. The van der Waals surface area contributed by atoms with Crippen molar-refractivity contribution in [1.29, 1.82) is 0 Å². The maximum Gasteiger partial charge on any atom is 0.131 e. The SMILES string of the molecule is NC1CCC(OCc2ccc(F)cc2F)C1. The number of hydrogen-bond donors (Lipinski definition) is 1. The zero-order valence-electron chi connectivity index (χ0n) is 8.96. The minimum Gasteiger partial charge on any atom is -0.373 e. The van der Waals surface area contributed by atoms with E-state index in [0.717, 1.165) is 25.3 Å². The van der Waals surface area contributed by atoms with Crippen molar-refractivity contribution in [2.75, 3.05) is 0 Å². The molecule has 4 heteroatoms. The smallest absolute Gasteiger partial charge is 0.131 e. The second kappa shape index (κ2) is 4.89. The van der Waals surface area contributed by atoms with Crippen LogP contribution in [0.4, 0.5) is 8.78 Å². The molecule has 1 aliphatic carbocycles. The van der Waals surface area contributed by atoms with Crippen LogP contribution in [0, 0.1) is 11.6 Å². The molecule has 0 heterocycles. The molecular formula is C12H15F2NO. The standard InChI is InChI=1S/C12H15F2NO/c13-9-2-1-8(12(14)5-9)7-16-11-4-3-10(15)6-11/h1-2,5,10-11H,3-4,6-7,15H2. The number of halogens is 2. The molecule has 0 amide bonds. The van der Waals surface area contributed by atoms with Gasteiger partial charge in [-0.1, -0.05) is 6.07 Å². The van der Waals surface area contributed by atoms with Crippen molar-refractivity contribution in [2.45, 2.75) is 38.0 Å². The molecule has 2 atom stereocenters. The number of rotatable bonds is 3. The van der Waals surface area contributed by atoms with Crippen LogP contribution in [-0.4, -0.2) is 12.1 Å². The Labute approximate surface area is 93.4 Å². The van der Waals surface area contributed by atoms with Crippen molar-refractivity contribution in [3.8, 4) is 0 Å². The van der Waals surface area contributed by atoms with E-state index < -0.39 is 11.6 Å². The molecule has 16 heavy (non-hydrogen) atoms. The molecule has 0 saturated heterocycles. The Kier molecular flexibility index (Phi) is 3.51. The van der Waals surface area contributed by atoms with Crippen LogP contribution in [0.15, 0.2) is 18.2 Å². The van der Waals surface area contributed by atoms with Gasteiger partial charge in [-0.25, -0.2) is 8.78 Å². The lowest BCUT2D eigenvalue weighted by atomic mass is 10.2. The highest BCUT2D eigenvalue weighted by atomic mass is 19.1. The van der Waals surface area contributed by atoms with Crippen LogP contribution < -0.4 is 5.73 Å². The summed E-state index contributed by atoms with van der Waals surface area (Å²) in [7, 11) is 0. The summed E-state index contributed by atoms with van der Waals surface area (Å²) in [6.07, 6.45) is 2.81. The van der Waals surface area contributed by atoms with E-state index in [4.69, 9.17) is 10.5 Å². The van der Waals surface area contributed by atoms with Gasteiger partial charge in [0.05, 0.1) is 12.7 Å². The van der Waals surface area contributed by atoms with Gasteiger partial charge in [0.15, 0.2) is 0 Å². The Morgan fingerprint density at radius 3 is 2.75 bits per heavy atom. The number of nitrogens with two attached hydrogens (primary N) is 1. The van der Waals surface area contributed by atoms with Gasteiger partial charge in [-0.3, -0.25) is 0 Å². The van der Waals surface area contributed by atoms with Crippen LogP contribution in [0.5, 0.6) is 0 Å². The summed E-state index contributed by atoms with van der Waals surface area (Å²) < 4.78 is 31.4. The Balaban J connectivity index is 1.89. The average molecular weight is 227 g/mol. The fraction of sp³-hybridized carbons (Fsp3) is 0.500. The first kappa shape index (κ1) is 11.5. The Hall–Kier alpha value is -1.00. The molecule has 1 fully saturated rings. The highest BCUT2D eigenvalue weighted by molar-refractivity contribution is 5.17. The fourth-order valence-electron chi connectivity index (χ4n) is 1.97. The van der Waals surface area contributed by atoms with Crippen molar-refractivity contribution in [3.05, 3.63) is 35.4 Å². The Morgan fingerprint density at radius 2 is 2.12 bits per heavy atom. The molecule has 2 rings (SSSR count). The quantitative estimate of drug-likeness (QED) is 0.860. The lowest BCUT2D eigenvalue weighted by Gasteiger charge is -2.11. The second-order valence-corrected chi connectivity index (χ2v) is 4.24. The zero-order valence-corrected chi connectivity index (χ0v) is 8.96. The number of hydrogen-bond acceptors (Lipinski definition) is 2. The predicted octanol–water partition coefficient (Wildman–Crippen LogP) is 2.36. The maximum atomic E-state index is 13.3. The van der Waals surface area contributed by atoms with Crippen molar-refractivity contribution < 1.29 is 13.5 Å². The van der Waals surface area contributed by atoms with Crippen LogP contribution in [-0.2, 0) is 11.3 Å². The predicted molar refractivity (Wildman–Crippen MR) is 56.8 cm³/mol. The van der Waals surface area contributed by atoms with Gasteiger partial charge in [0.1, 0.15) is 11.6 Å². The van der Waals surface area contributed by atoms with E-state index in [9.17, 15) is 8.78 Å². The molecule has 1 aromatic rings. The first-order chi connectivity index (χ1) is 7.65. The molecular weight excluding hydrogens is 212 g/mol. The summed E-state index contributed by atoms with van der Waals surface area (Å²) in [6, 6.07) is 3.73. The van der Waals surface area contributed by atoms with E-state index in [1.165, 1.54) is 12.1 Å². The molecule has 1 aliphatic rings. The summed E-state index contributed by atoms with van der Waals surface area (Å²) in [6.45, 7) is 0.184. The summed E-state index contributed by atoms with van der Waals surface area (Å²) in [5.74, 6) is -1.12. The molecule has 0 spiro atoms. The van der Waals surface area contributed by atoms with Gasteiger partial charge in [0.2, 0.25) is 0 Å². The van der Waals surface area contributed by atoms with Crippen LogP contribution in [0.1, 0.15) is 24.8 Å². The molecule has 1 saturated carbocycles. The second-order valence-electron chi connectivity index (χ2n) is 4.24. The highest BCUT2D eigenvalue weighted by Gasteiger charge is 2.22. The molecule has 2 N–H and O–H groups in total. The molecule has 2 nitrogen and oxygen atoms in total. The van der Waals surface area contributed by atoms with Gasteiger partial charge >= 0.3 is 0 Å². The van der Waals surface area contributed by atoms with E-state index in [2.05, 4.69) is 0 Å². The molecule has 0 radical (unpaired) electrons. The van der Waals surface area contributed by atoms with Crippen molar-refractivity contribution >= 4 is 0 Å². The van der Waals surface area contributed by atoms with Crippen LogP contribution >= 0.6 is 0 Å². The third-order valence-electron chi connectivity index (χ3n) is 2.91. The summed E-state index contributed by atoms with van der Waals surface area (Å²) >= 11 is 0. The zero-order chi connectivity index (χ0) is 11.5. The van der Waals surface area contributed by atoms with E-state index in [1.807, 2.05) is 0 Å². The fourth-order valence-corrected chi connectivity index (χ4v) is 1.97. The normalized spacial score (nSPS) is 24.9. The average Bonchev–Trinajstić information content (AvgIpc) is 2.63. The first-order valence-corrected chi connectivity index (χ1v) is 5.46. The van der Waals surface area contributed by atoms with Gasteiger partial charge in [0, 0.05) is 17.7 Å². The molecule has 1 aromatic carbocycles. The van der Waals surface area contributed by atoms with Gasteiger partial charge in [0.25, 0.3) is 0 Å². The Morgan fingerprint density at radius 1 is 1.31 bits per heavy atom. The summed E-state index contributed by atoms with van der Waals surface area (Å²) in [4.78, 5) is 0. The number of ether oxygens (including phenoxy) is 1. The molecule has 88 valence electrons. The van der Waals surface area contributed by atoms with Crippen molar-refractivity contribution in [1.82, 2.24) is 0 Å². The van der Waals surface area contributed by atoms with Crippen LogP contribution in [0.3, 0.4) is 0 Å². The lowest BCUT2D eigenvalue weighted by Crippen LogP contribution is -2.17. The molecule has 0 aliphatic heterocycles. The van der Waals surface area contributed by atoms with E-state index in [-0.39, 0.29) is 18.8 Å². The first-order valence-electron chi connectivity index (χ1n) is 5.46. The third-order valence-corrected chi connectivity index (χ3v) is 2.91. The largest absolute Gasteiger partial charge is 0.373 e. The van der Waals surface area contributed by atoms with E-state index >= 15 is 0 Å². The monoisotopic (exact) mass is 227 g/mol. The lowest BCUT2D eigenvalue weighted by molar-refractivity contribution is 0.0432. The van der Waals surface area contributed by atoms with Gasteiger partial charge in [-0.15, -0.1) is 0 Å². The highest BCUT2D eigenvalue weighted by Crippen LogP contribution is 2.22. The summed E-state index contributed by atoms with van der Waals surface area (Å²) in [5, 5.41) is 0. The minimum atomic E-state index is -0.566. The van der Waals surface area contributed by atoms with Gasteiger partial charge < -0.3 is 10.5 Å². The maximum absolute atomic E-state index is 13.3. The molecule has 0 aromatic heterocycles. The van der Waals surface area contributed by atoms with E-state index in [0.29, 0.717) is 5.56 Å².